The molecule has 0 aliphatic heterocycles. The molecule has 0 spiro atoms. The Bertz CT molecular complexity index is 475. The maximum absolute atomic E-state index is 11.3. The Labute approximate surface area is 97.6 Å². The number of nitrogens with zero attached hydrogens (tertiary/aromatic N) is 2. The third-order valence-electron chi connectivity index (χ3n) is 1.82. The normalized spacial score (nSPS) is 9.41. The van der Waals surface area contributed by atoms with Gasteiger partial charge in [-0.1, -0.05) is 18.2 Å². The van der Waals surface area contributed by atoms with E-state index in [9.17, 15) is 4.79 Å². The van der Waals surface area contributed by atoms with Crippen LogP contribution in [-0.4, -0.2) is 16.3 Å². The molecule has 1 aromatic heterocycles. The zero-order valence-corrected chi connectivity index (χ0v) is 8.83. The number of hydrogen-bond donors (Lipinski definition) is 2. The second-order valence-electron chi connectivity index (χ2n) is 3.06. The molecule has 0 unspecified atom stereocenters. The molecule has 0 fully saturated rings. The first-order valence-electron chi connectivity index (χ1n) is 4.91. The summed E-state index contributed by atoms with van der Waals surface area (Å²) in [5.41, 5.74) is 4.90. The fourth-order valence-electron chi connectivity index (χ4n) is 1.10. The van der Waals surface area contributed by atoms with Gasteiger partial charge in [0.05, 0.1) is 0 Å². The minimum Gasteiger partial charge on any atom is -0.409 e. The molecule has 1 heterocycles. The molecule has 0 aliphatic carbocycles. The van der Waals surface area contributed by atoms with E-state index in [1.165, 1.54) is 6.20 Å². The number of nitrogens with one attached hydrogen (secondary N) is 2. The SMILES string of the molecule is O=C(NNc1cccnn1)Oc1ccccc1. The number of benzene rings is 1. The average Bonchev–Trinajstić information content (AvgIpc) is 2.39. The summed E-state index contributed by atoms with van der Waals surface area (Å²) >= 11 is 0. The molecule has 2 rings (SSSR count). The molecule has 6 nitrogen and oxygen atoms in total. The molecule has 0 radical (unpaired) electrons. The first kappa shape index (κ1) is 10.9. The van der Waals surface area contributed by atoms with Crippen molar-refractivity contribution in [3.63, 3.8) is 0 Å². The Morgan fingerprint density at radius 2 is 1.94 bits per heavy atom. The lowest BCUT2D eigenvalue weighted by Gasteiger charge is -2.07. The lowest BCUT2D eigenvalue weighted by molar-refractivity contribution is 0.202. The maximum atomic E-state index is 11.3. The monoisotopic (exact) mass is 230 g/mol. The number of ether oxygens (including phenoxy) is 1. The van der Waals surface area contributed by atoms with Crippen LogP contribution >= 0.6 is 0 Å². The molecule has 1 aromatic carbocycles. The number of hydrazine groups is 1. The summed E-state index contributed by atoms with van der Waals surface area (Å²) < 4.78 is 4.98. The average molecular weight is 230 g/mol. The van der Waals surface area contributed by atoms with Crippen LogP contribution in [-0.2, 0) is 0 Å². The molecule has 17 heavy (non-hydrogen) atoms. The molecule has 2 aromatic rings. The van der Waals surface area contributed by atoms with Gasteiger partial charge in [0.25, 0.3) is 0 Å². The number of para-hydroxylation sites is 1. The molecule has 0 saturated heterocycles. The van der Waals surface area contributed by atoms with Gasteiger partial charge in [0.2, 0.25) is 0 Å². The summed E-state index contributed by atoms with van der Waals surface area (Å²) in [6.07, 6.45) is 0.912. The molecular formula is C11H10N4O2. The zero-order valence-electron chi connectivity index (χ0n) is 8.83. The van der Waals surface area contributed by atoms with Crippen molar-refractivity contribution in [2.75, 3.05) is 5.43 Å². The fourth-order valence-corrected chi connectivity index (χ4v) is 1.10. The van der Waals surface area contributed by atoms with Gasteiger partial charge in [-0.05, 0) is 24.3 Å². The Morgan fingerprint density at radius 3 is 2.65 bits per heavy atom. The number of carbonyl (C=O) groups is 1. The first-order chi connectivity index (χ1) is 8.34. The number of amides is 1. The van der Waals surface area contributed by atoms with Crippen LogP contribution in [0.3, 0.4) is 0 Å². The molecule has 1 amide bonds. The Hall–Kier alpha value is -2.63. The van der Waals surface area contributed by atoms with Crippen LogP contribution in [0.1, 0.15) is 0 Å². The van der Waals surface area contributed by atoms with Crippen LogP contribution < -0.4 is 15.6 Å². The topological polar surface area (TPSA) is 76.1 Å². The standard InChI is InChI=1S/C11H10N4O2/c16-11(17-9-5-2-1-3-6-9)15-14-10-7-4-8-12-13-10/h1-8H,(H,13,14)(H,15,16). The second kappa shape index (κ2) is 5.45. The summed E-state index contributed by atoms with van der Waals surface area (Å²) in [4.78, 5) is 11.3. The van der Waals surface area contributed by atoms with Gasteiger partial charge in [-0.15, -0.1) is 5.10 Å². The smallest absolute Gasteiger partial charge is 0.409 e. The van der Waals surface area contributed by atoms with Gasteiger partial charge in [-0.2, -0.15) is 5.10 Å². The maximum Gasteiger partial charge on any atom is 0.431 e. The van der Waals surface area contributed by atoms with Crippen LogP contribution in [0.15, 0.2) is 48.7 Å². The molecular weight excluding hydrogens is 220 g/mol. The molecule has 0 bridgehead atoms. The van der Waals surface area contributed by atoms with E-state index in [-0.39, 0.29) is 0 Å². The Kier molecular flexibility index (Phi) is 3.49. The van der Waals surface area contributed by atoms with Gasteiger partial charge in [-0.25, -0.2) is 10.2 Å². The minimum absolute atomic E-state index is 0.428. The Morgan fingerprint density at radius 1 is 1.12 bits per heavy atom. The van der Waals surface area contributed by atoms with E-state index in [0.29, 0.717) is 11.6 Å². The number of carbonyl (C=O) groups excluding carboxylic acids is 1. The van der Waals surface area contributed by atoms with Gasteiger partial charge in [0.15, 0.2) is 5.82 Å². The van der Waals surface area contributed by atoms with E-state index in [1.54, 1.807) is 36.4 Å². The van der Waals surface area contributed by atoms with Crippen LogP contribution in [0.2, 0.25) is 0 Å². The van der Waals surface area contributed by atoms with E-state index in [2.05, 4.69) is 21.0 Å². The van der Waals surface area contributed by atoms with Crippen molar-refractivity contribution in [3.05, 3.63) is 48.7 Å². The van der Waals surface area contributed by atoms with E-state index in [1.807, 2.05) is 6.07 Å². The third kappa shape index (κ3) is 3.45. The quantitative estimate of drug-likeness (QED) is 0.783. The predicted molar refractivity (Wildman–Crippen MR) is 61.3 cm³/mol. The van der Waals surface area contributed by atoms with Crippen molar-refractivity contribution in [2.24, 2.45) is 0 Å². The summed E-state index contributed by atoms with van der Waals surface area (Å²) in [6.45, 7) is 0. The first-order valence-corrected chi connectivity index (χ1v) is 4.91. The van der Waals surface area contributed by atoms with Crippen molar-refractivity contribution in [3.8, 4) is 5.75 Å². The highest BCUT2D eigenvalue weighted by Crippen LogP contribution is 2.08. The minimum atomic E-state index is -0.623. The summed E-state index contributed by atoms with van der Waals surface area (Å²) in [7, 11) is 0. The van der Waals surface area contributed by atoms with E-state index in [0.717, 1.165) is 0 Å². The van der Waals surface area contributed by atoms with Crippen LogP contribution in [0, 0.1) is 0 Å². The van der Waals surface area contributed by atoms with E-state index in [4.69, 9.17) is 4.74 Å². The molecule has 0 saturated carbocycles. The molecule has 86 valence electrons. The summed E-state index contributed by atoms with van der Waals surface area (Å²) in [6, 6.07) is 12.1. The van der Waals surface area contributed by atoms with Crippen LogP contribution in [0.4, 0.5) is 10.6 Å². The summed E-state index contributed by atoms with van der Waals surface area (Å²) in [5.74, 6) is 0.892. The molecule has 0 aliphatic rings. The lowest BCUT2D eigenvalue weighted by Crippen LogP contribution is -2.32. The second-order valence-corrected chi connectivity index (χ2v) is 3.06. The van der Waals surface area contributed by atoms with Crippen molar-refractivity contribution in [2.45, 2.75) is 0 Å². The van der Waals surface area contributed by atoms with Gasteiger partial charge in [0.1, 0.15) is 5.75 Å². The van der Waals surface area contributed by atoms with Crippen LogP contribution in [0.5, 0.6) is 5.75 Å². The number of hydrogen-bond acceptors (Lipinski definition) is 5. The molecule has 0 atom stereocenters. The summed E-state index contributed by atoms with van der Waals surface area (Å²) in [5, 5.41) is 7.37. The van der Waals surface area contributed by atoms with Crippen LogP contribution in [0.25, 0.3) is 0 Å². The van der Waals surface area contributed by atoms with Crippen molar-refractivity contribution in [1.82, 2.24) is 15.6 Å². The third-order valence-corrected chi connectivity index (χ3v) is 1.82. The zero-order chi connectivity index (χ0) is 11.9. The van der Waals surface area contributed by atoms with E-state index >= 15 is 0 Å². The number of rotatable bonds is 3. The highest BCUT2D eigenvalue weighted by atomic mass is 16.6. The largest absolute Gasteiger partial charge is 0.431 e. The predicted octanol–water partition coefficient (Wildman–Crippen LogP) is 1.59. The number of aromatic nitrogens is 2. The van der Waals surface area contributed by atoms with Crippen molar-refractivity contribution < 1.29 is 9.53 Å². The molecule has 6 heteroatoms. The lowest BCUT2D eigenvalue weighted by atomic mass is 10.3. The van der Waals surface area contributed by atoms with Gasteiger partial charge in [0, 0.05) is 6.20 Å². The number of anilines is 1. The molecule has 2 N–H and O–H groups in total. The van der Waals surface area contributed by atoms with Gasteiger partial charge in [-0.3, -0.25) is 5.43 Å². The Balaban J connectivity index is 1.83. The highest BCUT2D eigenvalue weighted by Gasteiger charge is 2.02. The fraction of sp³-hybridized carbons (Fsp3) is 0. The van der Waals surface area contributed by atoms with E-state index < -0.39 is 6.09 Å². The van der Waals surface area contributed by atoms with Gasteiger partial charge >= 0.3 is 6.09 Å². The van der Waals surface area contributed by atoms with Crippen molar-refractivity contribution >= 4 is 11.9 Å². The van der Waals surface area contributed by atoms with Gasteiger partial charge < -0.3 is 4.74 Å². The highest BCUT2D eigenvalue weighted by molar-refractivity contribution is 5.71. The van der Waals surface area contributed by atoms with Crippen molar-refractivity contribution in [1.29, 1.82) is 0 Å².